The summed E-state index contributed by atoms with van der Waals surface area (Å²) in [7, 11) is -3.86. The van der Waals surface area contributed by atoms with Gasteiger partial charge in [0.2, 0.25) is 5.03 Å². The predicted octanol–water partition coefficient (Wildman–Crippen LogP) is 1.62. The minimum Gasteiger partial charge on any atom is -0.392 e. The van der Waals surface area contributed by atoms with Crippen LogP contribution >= 0.6 is 11.3 Å². The zero-order valence-corrected chi connectivity index (χ0v) is 12.6. The zero-order valence-electron chi connectivity index (χ0n) is 11.0. The quantitative estimate of drug-likeness (QED) is 0.676. The van der Waals surface area contributed by atoms with Crippen LogP contribution in [0.3, 0.4) is 0 Å². The van der Waals surface area contributed by atoms with E-state index in [1.54, 1.807) is 30.6 Å². The largest absolute Gasteiger partial charge is 0.392 e. The SMILES string of the molecule is Cc1[nH]nc(S(=O)(=O)Nc2ccc3ncsc3c2)c1CO. The van der Waals surface area contributed by atoms with Gasteiger partial charge < -0.3 is 5.11 Å². The molecule has 0 saturated heterocycles. The van der Waals surface area contributed by atoms with Gasteiger partial charge in [-0.15, -0.1) is 11.3 Å². The van der Waals surface area contributed by atoms with Crippen molar-refractivity contribution in [2.75, 3.05) is 4.72 Å². The van der Waals surface area contributed by atoms with E-state index in [1.807, 2.05) is 0 Å². The highest BCUT2D eigenvalue weighted by Crippen LogP contribution is 2.24. The molecule has 2 heterocycles. The Morgan fingerprint density at radius 2 is 2.24 bits per heavy atom. The van der Waals surface area contributed by atoms with Gasteiger partial charge in [-0.3, -0.25) is 9.82 Å². The Hall–Kier alpha value is -1.97. The standard InChI is InChI=1S/C12H12N4O3S2/c1-7-9(5-17)12(15-14-7)21(18,19)16-8-2-3-10-11(4-8)20-6-13-10/h2-4,6,16-17H,5H2,1H3,(H,14,15). The molecule has 3 N–H and O–H groups in total. The van der Waals surface area contributed by atoms with Crippen molar-refractivity contribution >= 4 is 37.3 Å². The van der Waals surface area contributed by atoms with Gasteiger partial charge in [0.25, 0.3) is 10.0 Å². The fourth-order valence-corrected chi connectivity index (χ4v) is 3.92. The zero-order chi connectivity index (χ0) is 15.0. The maximum Gasteiger partial charge on any atom is 0.281 e. The number of thiazole rings is 1. The van der Waals surface area contributed by atoms with Crippen LogP contribution in [0.4, 0.5) is 5.69 Å². The molecule has 0 aliphatic heterocycles. The Kier molecular flexibility index (Phi) is 3.40. The van der Waals surface area contributed by atoms with Crippen molar-refractivity contribution in [1.29, 1.82) is 0 Å². The van der Waals surface area contributed by atoms with Gasteiger partial charge in [0.15, 0.2) is 0 Å². The van der Waals surface area contributed by atoms with E-state index in [2.05, 4.69) is 19.9 Å². The molecule has 3 rings (SSSR count). The number of aromatic amines is 1. The van der Waals surface area contributed by atoms with Crippen molar-refractivity contribution in [2.24, 2.45) is 0 Å². The van der Waals surface area contributed by atoms with Gasteiger partial charge in [0.05, 0.1) is 28.0 Å². The summed E-state index contributed by atoms with van der Waals surface area (Å²) in [5, 5.41) is 15.4. The number of fused-ring (bicyclic) bond motifs is 1. The highest BCUT2D eigenvalue weighted by atomic mass is 32.2. The molecule has 9 heteroatoms. The molecule has 0 aliphatic carbocycles. The average Bonchev–Trinajstić information content (AvgIpc) is 3.03. The van der Waals surface area contributed by atoms with E-state index in [9.17, 15) is 13.5 Å². The molecule has 0 aliphatic rings. The molecule has 3 aromatic rings. The third-order valence-corrected chi connectivity index (χ3v) is 5.18. The number of hydrogen-bond acceptors (Lipinski definition) is 6. The number of nitrogens with zero attached hydrogens (tertiary/aromatic N) is 2. The molecule has 21 heavy (non-hydrogen) atoms. The smallest absolute Gasteiger partial charge is 0.281 e. The molecule has 2 aromatic heterocycles. The van der Waals surface area contributed by atoms with Gasteiger partial charge >= 0.3 is 0 Å². The van der Waals surface area contributed by atoms with Crippen molar-refractivity contribution in [3.63, 3.8) is 0 Å². The number of aromatic nitrogens is 3. The molecular formula is C12H12N4O3S2. The van der Waals surface area contributed by atoms with Crippen LogP contribution in [0.15, 0.2) is 28.7 Å². The van der Waals surface area contributed by atoms with Crippen molar-refractivity contribution in [3.05, 3.63) is 35.0 Å². The van der Waals surface area contributed by atoms with Crippen molar-refractivity contribution < 1.29 is 13.5 Å². The van der Waals surface area contributed by atoms with Crippen LogP contribution in [0.2, 0.25) is 0 Å². The van der Waals surface area contributed by atoms with Gasteiger partial charge in [-0.1, -0.05) is 0 Å². The van der Waals surface area contributed by atoms with Crippen LogP contribution in [-0.4, -0.2) is 28.7 Å². The third kappa shape index (κ3) is 2.50. The van der Waals surface area contributed by atoms with E-state index in [0.29, 0.717) is 11.4 Å². The Morgan fingerprint density at radius 1 is 1.43 bits per heavy atom. The van der Waals surface area contributed by atoms with Crippen molar-refractivity contribution in [3.8, 4) is 0 Å². The number of H-pyrrole nitrogens is 1. The number of sulfonamides is 1. The monoisotopic (exact) mass is 324 g/mol. The van der Waals surface area contributed by atoms with E-state index in [1.165, 1.54) is 11.3 Å². The summed E-state index contributed by atoms with van der Waals surface area (Å²) < 4.78 is 28.1. The lowest BCUT2D eigenvalue weighted by Gasteiger charge is -2.07. The lowest BCUT2D eigenvalue weighted by atomic mass is 10.3. The summed E-state index contributed by atoms with van der Waals surface area (Å²) in [4.78, 5) is 4.14. The molecule has 7 nitrogen and oxygen atoms in total. The molecule has 0 amide bonds. The fraction of sp³-hybridized carbons (Fsp3) is 0.167. The lowest BCUT2D eigenvalue weighted by Crippen LogP contribution is -2.15. The summed E-state index contributed by atoms with van der Waals surface area (Å²) in [5.41, 5.74) is 3.73. The van der Waals surface area contributed by atoms with Crippen molar-refractivity contribution in [2.45, 2.75) is 18.6 Å². The number of hydrogen-bond donors (Lipinski definition) is 3. The Bertz CT molecular complexity index is 898. The second-order valence-corrected chi connectivity index (χ2v) is 6.91. The lowest BCUT2D eigenvalue weighted by molar-refractivity contribution is 0.277. The molecule has 1 aromatic carbocycles. The summed E-state index contributed by atoms with van der Waals surface area (Å²) in [6.45, 7) is 1.26. The Balaban J connectivity index is 1.98. The first kappa shape index (κ1) is 14.0. The van der Waals surface area contributed by atoms with Gasteiger partial charge in [-0.2, -0.15) is 13.5 Å². The number of aliphatic hydroxyl groups is 1. The topological polar surface area (TPSA) is 108 Å². The number of anilines is 1. The van der Waals surface area contributed by atoms with Gasteiger partial charge in [0, 0.05) is 11.3 Å². The molecular weight excluding hydrogens is 312 g/mol. The van der Waals surface area contributed by atoms with E-state index in [-0.39, 0.29) is 10.6 Å². The normalized spacial score (nSPS) is 11.9. The fourth-order valence-electron chi connectivity index (χ4n) is 1.96. The highest BCUT2D eigenvalue weighted by Gasteiger charge is 2.23. The van der Waals surface area contributed by atoms with Crippen LogP contribution in [0.5, 0.6) is 0 Å². The molecule has 0 saturated carbocycles. The molecule has 0 radical (unpaired) electrons. The molecule has 0 unspecified atom stereocenters. The van der Waals surface area contributed by atoms with E-state index < -0.39 is 16.6 Å². The summed E-state index contributed by atoms with van der Waals surface area (Å²) in [5.74, 6) is 0. The number of benzene rings is 1. The highest BCUT2D eigenvalue weighted by molar-refractivity contribution is 7.92. The van der Waals surface area contributed by atoms with Crippen LogP contribution in [0.1, 0.15) is 11.3 Å². The Labute approximate surface area is 124 Å². The minimum absolute atomic E-state index is 0.188. The summed E-state index contributed by atoms with van der Waals surface area (Å²) in [6, 6.07) is 5.09. The van der Waals surface area contributed by atoms with Gasteiger partial charge in [0.1, 0.15) is 0 Å². The molecule has 0 fully saturated rings. The van der Waals surface area contributed by atoms with E-state index >= 15 is 0 Å². The predicted molar refractivity (Wildman–Crippen MR) is 79.7 cm³/mol. The number of nitrogens with one attached hydrogen (secondary N) is 2. The molecule has 0 atom stereocenters. The maximum absolute atomic E-state index is 12.4. The number of rotatable bonds is 4. The first-order valence-corrected chi connectivity index (χ1v) is 8.38. The molecule has 0 bridgehead atoms. The molecule has 110 valence electrons. The first-order valence-electron chi connectivity index (χ1n) is 6.02. The van der Waals surface area contributed by atoms with E-state index in [4.69, 9.17) is 0 Å². The Morgan fingerprint density at radius 3 is 3.00 bits per heavy atom. The summed E-state index contributed by atoms with van der Waals surface area (Å²) >= 11 is 1.43. The van der Waals surface area contributed by atoms with Crippen LogP contribution in [0.25, 0.3) is 10.2 Å². The minimum atomic E-state index is -3.86. The second kappa shape index (κ2) is 5.10. The summed E-state index contributed by atoms with van der Waals surface area (Å²) in [6.07, 6.45) is 0. The van der Waals surface area contributed by atoms with Gasteiger partial charge in [-0.05, 0) is 25.1 Å². The van der Waals surface area contributed by atoms with Crippen molar-refractivity contribution in [1.82, 2.24) is 15.2 Å². The number of aryl methyl sites for hydroxylation is 1. The van der Waals surface area contributed by atoms with E-state index in [0.717, 1.165) is 10.2 Å². The molecule has 0 spiro atoms. The third-order valence-electron chi connectivity index (χ3n) is 3.03. The van der Waals surface area contributed by atoms with Gasteiger partial charge in [-0.25, -0.2) is 4.98 Å². The van der Waals surface area contributed by atoms with Crippen LogP contribution < -0.4 is 4.72 Å². The second-order valence-electron chi connectivity index (χ2n) is 4.43. The van der Waals surface area contributed by atoms with Crippen LogP contribution in [0, 0.1) is 6.92 Å². The maximum atomic E-state index is 12.4. The van der Waals surface area contributed by atoms with Crippen LogP contribution in [-0.2, 0) is 16.6 Å². The first-order chi connectivity index (χ1) is 10.0. The number of aliphatic hydroxyl groups excluding tert-OH is 1. The average molecular weight is 324 g/mol.